The van der Waals surface area contributed by atoms with E-state index in [0.29, 0.717) is 0 Å². The van der Waals surface area contributed by atoms with Gasteiger partial charge in [-0.15, -0.1) is 23.1 Å². The number of benzene rings is 1. The van der Waals surface area contributed by atoms with Crippen LogP contribution in [0.2, 0.25) is 5.28 Å². The number of fused-ring (bicyclic) bond motifs is 1. The Morgan fingerprint density at radius 2 is 2.14 bits per heavy atom. The molecule has 2 heterocycles. The molecule has 0 spiro atoms. The molecule has 0 amide bonds. The Morgan fingerprint density at radius 3 is 2.90 bits per heavy atom. The van der Waals surface area contributed by atoms with Crippen molar-refractivity contribution in [1.29, 1.82) is 0 Å². The highest BCUT2D eigenvalue weighted by Gasteiger charge is 2.11. The smallest absolute Gasteiger partial charge is 0.225 e. The van der Waals surface area contributed by atoms with E-state index >= 15 is 0 Å². The molecule has 0 saturated heterocycles. The monoisotopic (exact) mass is 335 g/mol. The second kappa shape index (κ2) is 6.22. The third-order valence-electron chi connectivity index (χ3n) is 3.10. The van der Waals surface area contributed by atoms with Crippen molar-refractivity contribution in [1.82, 2.24) is 9.97 Å². The first-order valence-corrected chi connectivity index (χ1v) is 8.98. The zero-order chi connectivity index (χ0) is 14.8. The number of halogens is 1. The van der Waals surface area contributed by atoms with Gasteiger partial charge in [0.15, 0.2) is 0 Å². The van der Waals surface area contributed by atoms with Gasteiger partial charge in [0.25, 0.3) is 0 Å². The Balaban J connectivity index is 2.04. The molecule has 0 aliphatic rings. The van der Waals surface area contributed by atoms with Crippen LogP contribution in [0.15, 0.2) is 35.2 Å². The summed E-state index contributed by atoms with van der Waals surface area (Å²) in [5.74, 6) is 0.763. The number of hydrogen-bond acceptors (Lipinski definition) is 5. The summed E-state index contributed by atoms with van der Waals surface area (Å²) >= 11 is 9.42. The first-order chi connectivity index (χ1) is 10.2. The van der Waals surface area contributed by atoms with Gasteiger partial charge in [-0.25, -0.2) is 4.98 Å². The number of nitrogens with zero attached hydrogens (tertiary/aromatic N) is 2. The number of anilines is 2. The summed E-state index contributed by atoms with van der Waals surface area (Å²) in [5, 5.41) is 4.66. The predicted molar refractivity (Wildman–Crippen MR) is 93.3 cm³/mol. The topological polar surface area (TPSA) is 37.8 Å². The van der Waals surface area contributed by atoms with Crippen LogP contribution in [-0.2, 0) is 6.42 Å². The van der Waals surface area contributed by atoms with Crippen molar-refractivity contribution >= 4 is 56.4 Å². The third-order valence-corrected chi connectivity index (χ3v) is 5.17. The lowest BCUT2D eigenvalue weighted by atomic mass is 10.3. The molecule has 3 aromatic rings. The molecule has 3 nitrogen and oxygen atoms in total. The standard InChI is InChI=1S/C15H14ClN3S2/c1-3-10-8-12-13(18-15(16)19-14(12)21-10)17-9-5-4-6-11(7-9)20-2/h4-8H,3H2,1-2H3,(H,17,18,19). The van der Waals surface area contributed by atoms with E-state index in [1.807, 2.05) is 12.1 Å². The SMILES string of the molecule is CCc1cc2c(Nc3cccc(SC)c3)nc(Cl)nc2s1. The summed E-state index contributed by atoms with van der Waals surface area (Å²) in [6.07, 6.45) is 3.05. The molecule has 6 heteroatoms. The molecule has 1 N–H and O–H groups in total. The van der Waals surface area contributed by atoms with E-state index in [9.17, 15) is 0 Å². The van der Waals surface area contributed by atoms with Gasteiger partial charge in [-0.05, 0) is 48.5 Å². The predicted octanol–water partition coefficient (Wildman–Crippen LogP) is 5.37. The van der Waals surface area contributed by atoms with Crippen molar-refractivity contribution in [3.05, 3.63) is 40.5 Å². The second-order valence-electron chi connectivity index (χ2n) is 4.48. The summed E-state index contributed by atoms with van der Waals surface area (Å²) in [4.78, 5) is 12.1. The molecule has 0 bridgehead atoms. The lowest BCUT2D eigenvalue weighted by Crippen LogP contribution is -1.95. The fourth-order valence-corrected chi connectivity index (χ4v) is 3.70. The fourth-order valence-electron chi connectivity index (χ4n) is 2.05. The molecule has 21 heavy (non-hydrogen) atoms. The maximum Gasteiger partial charge on any atom is 0.225 e. The maximum atomic E-state index is 6.04. The van der Waals surface area contributed by atoms with Crippen molar-refractivity contribution in [3.8, 4) is 0 Å². The number of nitrogens with one attached hydrogen (secondary N) is 1. The van der Waals surface area contributed by atoms with Crippen LogP contribution in [0.3, 0.4) is 0 Å². The number of aromatic nitrogens is 2. The molecular weight excluding hydrogens is 322 g/mol. The zero-order valence-electron chi connectivity index (χ0n) is 11.7. The van der Waals surface area contributed by atoms with E-state index in [2.05, 4.69) is 46.7 Å². The molecule has 0 unspecified atom stereocenters. The van der Waals surface area contributed by atoms with Gasteiger partial charge in [0, 0.05) is 15.5 Å². The Bertz CT molecular complexity index is 786. The van der Waals surface area contributed by atoms with E-state index in [1.54, 1.807) is 23.1 Å². The summed E-state index contributed by atoms with van der Waals surface area (Å²) in [5.41, 5.74) is 1.00. The van der Waals surface area contributed by atoms with E-state index in [4.69, 9.17) is 11.6 Å². The molecule has 0 aliphatic carbocycles. The largest absolute Gasteiger partial charge is 0.340 e. The van der Waals surface area contributed by atoms with Crippen LogP contribution in [0.4, 0.5) is 11.5 Å². The minimum Gasteiger partial charge on any atom is -0.340 e. The number of hydrogen-bond donors (Lipinski definition) is 1. The van der Waals surface area contributed by atoms with E-state index in [1.165, 1.54) is 9.77 Å². The average Bonchev–Trinajstić information content (AvgIpc) is 2.90. The molecule has 2 aromatic heterocycles. The quantitative estimate of drug-likeness (QED) is 0.513. The summed E-state index contributed by atoms with van der Waals surface area (Å²) in [7, 11) is 0. The molecule has 1 aromatic carbocycles. The lowest BCUT2D eigenvalue weighted by Gasteiger charge is -2.08. The van der Waals surface area contributed by atoms with Gasteiger partial charge >= 0.3 is 0 Å². The molecule has 0 atom stereocenters. The van der Waals surface area contributed by atoms with Gasteiger partial charge in [-0.3, -0.25) is 0 Å². The zero-order valence-corrected chi connectivity index (χ0v) is 14.1. The molecule has 108 valence electrons. The Morgan fingerprint density at radius 1 is 1.29 bits per heavy atom. The van der Waals surface area contributed by atoms with Gasteiger partial charge in [0.05, 0.1) is 5.39 Å². The third kappa shape index (κ3) is 3.15. The minimum atomic E-state index is 0.274. The van der Waals surface area contributed by atoms with Crippen molar-refractivity contribution < 1.29 is 0 Å². The van der Waals surface area contributed by atoms with E-state index < -0.39 is 0 Å². The second-order valence-corrected chi connectivity index (χ2v) is 6.82. The van der Waals surface area contributed by atoms with Gasteiger partial charge in [0.1, 0.15) is 10.6 Å². The van der Waals surface area contributed by atoms with Crippen LogP contribution < -0.4 is 5.32 Å². The number of thiophene rings is 1. The molecule has 0 fully saturated rings. The highest BCUT2D eigenvalue weighted by atomic mass is 35.5. The lowest BCUT2D eigenvalue weighted by molar-refractivity contribution is 1.19. The van der Waals surface area contributed by atoms with Crippen LogP contribution in [0.5, 0.6) is 0 Å². The van der Waals surface area contributed by atoms with Gasteiger partial charge < -0.3 is 5.32 Å². The summed E-state index contributed by atoms with van der Waals surface area (Å²) < 4.78 is 0. The molecular formula is C15H14ClN3S2. The van der Waals surface area contributed by atoms with E-state index in [0.717, 1.165) is 28.1 Å². The van der Waals surface area contributed by atoms with Crippen LogP contribution in [-0.4, -0.2) is 16.2 Å². The number of aryl methyl sites for hydroxylation is 1. The Kier molecular flexibility index (Phi) is 4.33. The van der Waals surface area contributed by atoms with Crippen molar-refractivity contribution in [2.24, 2.45) is 0 Å². The molecule has 0 saturated carbocycles. The van der Waals surface area contributed by atoms with Gasteiger partial charge in [0.2, 0.25) is 5.28 Å². The van der Waals surface area contributed by atoms with Crippen molar-refractivity contribution in [3.63, 3.8) is 0 Å². The van der Waals surface area contributed by atoms with E-state index in [-0.39, 0.29) is 5.28 Å². The Labute approximate surface area is 136 Å². The number of thioether (sulfide) groups is 1. The minimum absolute atomic E-state index is 0.274. The molecule has 3 rings (SSSR count). The highest BCUT2D eigenvalue weighted by Crippen LogP contribution is 2.32. The highest BCUT2D eigenvalue weighted by molar-refractivity contribution is 7.98. The molecule has 0 aliphatic heterocycles. The Hall–Kier alpha value is -1.30. The average molecular weight is 336 g/mol. The van der Waals surface area contributed by atoms with Crippen molar-refractivity contribution in [2.75, 3.05) is 11.6 Å². The van der Waals surface area contributed by atoms with Crippen LogP contribution in [0.1, 0.15) is 11.8 Å². The summed E-state index contributed by atoms with van der Waals surface area (Å²) in [6.45, 7) is 2.13. The first kappa shape index (κ1) is 14.6. The van der Waals surface area contributed by atoms with Crippen LogP contribution in [0.25, 0.3) is 10.2 Å². The fraction of sp³-hybridized carbons (Fsp3) is 0.200. The first-order valence-electron chi connectivity index (χ1n) is 6.56. The molecule has 0 radical (unpaired) electrons. The number of rotatable bonds is 4. The van der Waals surface area contributed by atoms with Crippen LogP contribution in [0, 0.1) is 0 Å². The normalized spacial score (nSPS) is 11.0. The summed E-state index contributed by atoms with van der Waals surface area (Å²) in [6, 6.07) is 10.4. The van der Waals surface area contributed by atoms with Gasteiger partial charge in [-0.1, -0.05) is 13.0 Å². The maximum absolute atomic E-state index is 6.04. The van der Waals surface area contributed by atoms with Crippen molar-refractivity contribution in [2.45, 2.75) is 18.2 Å². The van der Waals surface area contributed by atoms with Gasteiger partial charge in [-0.2, -0.15) is 4.98 Å². The van der Waals surface area contributed by atoms with Crippen LogP contribution >= 0.6 is 34.7 Å².